The van der Waals surface area contributed by atoms with Gasteiger partial charge in [-0.3, -0.25) is 0 Å². The molecule has 0 atom stereocenters. The van der Waals surface area contributed by atoms with Crippen LogP contribution in [-0.4, -0.2) is 11.2 Å². The molecule has 15 heavy (non-hydrogen) atoms. The van der Waals surface area contributed by atoms with Gasteiger partial charge < -0.3 is 4.98 Å². The Balaban J connectivity index is 2.22. The molecule has 1 aromatic heterocycles. The summed E-state index contributed by atoms with van der Waals surface area (Å²) >= 11 is 0. The van der Waals surface area contributed by atoms with Crippen LogP contribution in [0.4, 0.5) is 13.2 Å². The largest absolute Gasteiger partial charge is 0.389 e. The van der Waals surface area contributed by atoms with Gasteiger partial charge in [-0.25, -0.2) is 0 Å². The number of aromatic amines is 1. The summed E-state index contributed by atoms with van der Waals surface area (Å²) in [5.41, 5.74) is 1.61. The molecule has 0 fully saturated rings. The van der Waals surface area contributed by atoms with E-state index >= 15 is 0 Å². The summed E-state index contributed by atoms with van der Waals surface area (Å²) in [5.74, 6) is 0. The van der Waals surface area contributed by atoms with Crippen LogP contribution < -0.4 is 0 Å². The van der Waals surface area contributed by atoms with Crippen LogP contribution in [0.5, 0.6) is 0 Å². The number of benzene rings is 1. The van der Waals surface area contributed by atoms with Crippen molar-refractivity contribution in [2.75, 3.05) is 0 Å². The molecule has 0 amide bonds. The lowest BCUT2D eigenvalue weighted by atomic mass is 10.1. The highest BCUT2D eigenvalue weighted by Gasteiger charge is 2.26. The molecular formula is C11H10F3N. The van der Waals surface area contributed by atoms with Gasteiger partial charge in [0.1, 0.15) is 0 Å². The third kappa shape index (κ3) is 2.32. The standard InChI is InChI=1S/C11H10F3N/c12-11(13,14)6-5-8-7-15-10-4-2-1-3-9(8)10/h1-4,7,15H,5-6H2. The van der Waals surface area contributed by atoms with Crippen molar-refractivity contribution in [1.82, 2.24) is 4.98 Å². The van der Waals surface area contributed by atoms with Crippen LogP contribution in [0.3, 0.4) is 0 Å². The highest BCUT2D eigenvalue weighted by molar-refractivity contribution is 5.82. The molecular weight excluding hydrogens is 203 g/mol. The Labute approximate surface area is 84.9 Å². The van der Waals surface area contributed by atoms with Gasteiger partial charge in [0.2, 0.25) is 0 Å². The second-order valence-corrected chi connectivity index (χ2v) is 3.47. The fraction of sp³-hybridized carbons (Fsp3) is 0.273. The Bertz CT molecular complexity index is 456. The first-order chi connectivity index (χ1) is 7.06. The van der Waals surface area contributed by atoms with Gasteiger partial charge in [-0.1, -0.05) is 18.2 Å². The fourth-order valence-corrected chi connectivity index (χ4v) is 1.61. The number of aromatic nitrogens is 1. The highest BCUT2D eigenvalue weighted by atomic mass is 19.4. The average Bonchev–Trinajstić information content (AvgIpc) is 2.57. The molecule has 0 aliphatic heterocycles. The molecule has 0 bridgehead atoms. The Morgan fingerprint density at radius 2 is 1.87 bits per heavy atom. The fourth-order valence-electron chi connectivity index (χ4n) is 1.61. The molecule has 0 spiro atoms. The van der Waals surface area contributed by atoms with Crippen molar-refractivity contribution in [3.63, 3.8) is 0 Å². The first-order valence-corrected chi connectivity index (χ1v) is 4.68. The zero-order chi connectivity index (χ0) is 10.9. The van der Waals surface area contributed by atoms with Gasteiger partial charge in [-0.2, -0.15) is 13.2 Å². The molecule has 0 saturated heterocycles. The molecule has 1 N–H and O–H groups in total. The van der Waals surface area contributed by atoms with Crippen molar-refractivity contribution in [2.24, 2.45) is 0 Å². The number of nitrogens with one attached hydrogen (secondary N) is 1. The summed E-state index contributed by atoms with van der Waals surface area (Å²) in [6, 6.07) is 7.36. The third-order valence-electron chi connectivity index (χ3n) is 2.35. The maximum absolute atomic E-state index is 12.0. The van der Waals surface area contributed by atoms with E-state index in [1.807, 2.05) is 24.3 Å². The number of alkyl halides is 3. The van der Waals surface area contributed by atoms with Crippen molar-refractivity contribution in [3.05, 3.63) is 36.0 Å². The van der Waals surface area contributed by atoms with E-state index in [4.69, 9.17) is 0 Å². The predicted molar refractivity (Wildman–Crippen MR) is 52.7 cm³/mol. The van der Waals surface area contributed by atoms with Gasteiger partial charge in [0.15, 0.2) is 0 Å². The van der Waals surface area contributed by atoms with Crippen molar-refractivity contribution in [3.8, 4) is 0 Å². The number of hydrogen-bond donors (Lipinski definition) is 1. The smallest absolute Gasteiger partial charge is 0.361 e. The highest BCUT2D eigenvalue weighted by Crippen LogP contribution is 2.25. The zero-order valence-corrected chi connectivity index (χ0v) is 7.93. The maximum Gasteiger partial charge on any atom is 0.389 e. The van der Waals surface area contributed by atoms with Gasteiger partial charge in [-0.05, 0) is 18.1 Å². The minimum absolute atomic E-state index is 0.0352. The zero-order valence-electron chi connectivity index (χ0n) is 7.93. The third-order valence-corrected chi connectivity index (χ3v) is 2.35. The number of fused-ring (bicyclic) bond motifs is 1. The van der Waals surface area contributed by atoms with Crippen molar-refractivity contribution in [1.29, 1.82) is 0 Å². The summed E-state index contributed by atoms with van der Waals surface area (Å²) in [4.78, 5) is 2.96. The minimum Gasteiger partial charge on any atom is -0.361 e. The number of para-hydroxylation sites is 1. The Morgan fingerprint density at radius 3 is 2.60 bits per heavy atom. The van der Waals surface area contributed by atoms with E-state index < -0.39 is 12.6 Å². The molecule has 0 saturated carbocycles. The first-order valence-electron chi connectivity index (χ1n) is 4.68. The van der Waals surface area contributed by atoms with Crippen molar-refractivity contribution >= 4 is 10.9 Å². The number of halogens is 3. The number of hydrogen-bond acceptors (Lipinski definition) is 0. The molecule has 2 rings (SSSR count). The van der Waals surface area contributed by atoms with E-state index in [0.29, 0.717) is 0 Å². The Morgan fingerprint density at radius 1 is 1.13 bits per heavy atom. The quantitative estimate of drug-likeness (QED) is 0.783. The molecule has 0 aliphatic rings. The van der Waals surface area contributed by atoms with Gasteiger partial charge in [0, 0.05) is 23.5 Å². The average molecular weight is 213 g/mol. The summed E-state index contributed by atoms with van der Waals surface area (Å²) in [5, 5.41) is 0.877. The minimum atomic E-state index is -4.08. The molecule has 0 unspecified atom stereocenters. The summed E-state index contributed by atoms with van der Waals surface area (Å²) in [6.07, 6.45) is -3.17. The topological polar surface area (TPSA) is 15.8 Å². The first kappa shape index (κ1) is 10.1. The van der Waals surface area contributed by atoms with Gasteiger partial charge >= 0.3 is 6.18 Å². The second kappa shape index (κ2) is 3.61. The number of rotatable bonds is 2. The van der Waals surface area contributed by atoms with Gasteiger partial charge in [0.05, 0.1) is 0 Å². The molecule has 0 aliphatic carbocycles. The second-order valence-electron chi connectivity index (χ2n) is 3.47. The van der Waals surface area contributed by atoms with E-state index in [0.717, 1.165) is 16.5 Å². The van der Waals surface area contributed by atoms with E-state index in [-0.39, 0.29) is 6.42 Å². The van der Waals surface area contributed by atoms with Crippen LogP contribution in [0.25, 0.3) is 10.9 Å². The lowest BCUT2D eigenvalue weighted by Gasteiger charge is -2.04. The van der Waals surface area contributed by atoms with E-state index in [2.05, 4.69) is 4.98 Å². The van der Waals surface area contributed by atoms with E-state index in [1.54, 1.807) is 6.20 Å². The van der Waals surface area contributed by atoms with Crippen molar-refractivity contribution < 1.29 is 13.2 Å². The van der Waals surface area contributed by atoms with E-state index in [1.165, 1.54) is 0 Å². The molecule has 1 heterocycles. The van der Waals surface area contributed by atoms with Crippen LogP contribution >= 0.6 is 0 Å². The monoisotopic (exact) mass is 213 g/mol. The molecule has 2 aromatic rings. The molecule has 0 radical (unpaired) electrons. The van der Waals surface area contributed by atoms with Crippen molar-refractivity contribution in [2.45, 2.75) is 19.0 Å². The summed E-state index contributed by atoms with van der Waals surface area (Å²) in [6.45, 7) is 0. The number of aryl methyl sites for hydroxylation is 1. The number of H-pyrrole nitrogens is 1. The maximum atomic E-state index is 12.0. The molecule has 4 heteroatoms. The molecule has 80 valence electrons. The van der Waals surface area contributed by atoms with E-state index in [9.17, 15) is 13.2 Å². The van der Waals surface area contributed by atoms with Crippen LogP contribution in [0.2, 0.25) is 0 Å². The SMILES string of the molecule is FC(F)(F)CCc1c[nH]c2ccccc12. The predicted octanol–water partition coefficient (Wildman–Crippen LogP) is 3.66. The Hall–Kier alpha value is -1.45. The Kier molecular flexibility index (Phi) is 2.42. The lowest BCUT2D eigenvalue weighted by Crippen LogP contribution is -2.08. The lowest BCUT2D eigenvalue weighted by molar-refractivity contribution is -0.133. The molecule has 1 aromatic carbocycles. The van der Waals surface area contributed by atoms with Crippen LogP contribution in [0.1, 0.15) is 12.0 Å². The summed E-state index contributed by atoms with van der Waals surface area (Å²) < 4.78 is 36.1. The van der Waals surface area contributed by atoms with Crippen LogP contribution in [0.15, 0.2) is 30.5 Å². The van der Waals surface area contributed by atoms with Gasteiger partial charge in [-0.15, -0.1) is 0 Å². The normalized spacial score (nSPS) is 12.2. The molecule has 1 nitrogen and oxygen atoms in total. The van der Waals surface area contributed by atoms with Gasteiger partial charge in [0.25, 0.3) is 0 Å². The van der Waals surface area contributed by atoms with Crippen LogP contribution in [-0.2, 0) is 6.42 Å². The van der Waals surface area contributed by atoms with Crippen LogP contribution in [0, 0.1) is 0 Å². The summed E-state index contributed by atoms with van der Waals surface area (Å²) in [7, 11) is 0.